The minimum absolute atomic E-state index is 0.0852. The van der Waals surface area contributed by atoms with Crippen LogP contribution in [0, 0.1) is 17.8 Å². The predicted molar refractivity (Wildman–Crippen MR) is 128 cm³/mol. The number of carbonyl (C=O) groups is 1. The third kappa shape index (κ3) is 6.03. The highest BCUT2D eigenvalue weighted by molar-refractivity contribution is 6.31. The van der Waals surface area contributed by atoms with Crippen molar-refractivity contribution in [3.63, 3.8) is 0 Å². The SMILES string of the molecule is CC(C)C1C=CC(CO[SiH2]C(c2ccccc2)c2ccccc2)CC2OC2C(=O)CC1. The molecule has 0 radical (unpaired) electrons. The van der Waals surface area contributed by atoms with Gasteiger partial charge in [-0.3, -0.25) is 4.79 Å². The maximum Gasteiger partial charge on any atom is 0.173 e. The zero-order chi connectivity index (χ0) is 21.6. The van der Waals surface area contributed by atoms with Crippen molar-refractivity contribution in [1.29, 1.82) is 0 Å². The van der Waals surface area contributed by atoms with Crippen molar-refractivity contribution in [2.75, 3.05) is 6.61 Å². The number of benzene rings is 2. The molecule has 0 N–H and O–H groups in total. The smallest absolute Gasteiger partial charge is 0.173 e. The first-order chi connectivity index (χ1) is 15.1. The van der Waals surface area contributed by atoms with E-state index in [1.807, 2.05) is 0 Å². The molecule has 1 saturated heterocycles. The highest BCUT2D eigenvalue weighted by Gasteiger charge is 2.45. The van der Waals surface area contributed by atoms with Crippen molar-refractivity contribution in [3.05, 3.63) is 83.9 Å². The number of fused-ring (bicyclic) bond motifs is 1. The fourth-order valence-electron chi connectivity index (χ4n) is 4.60. The van der Waals surface area contributed by atoms with Crippen LogP contribution >= 0.6 is 0 Å². The standard InChI is InChI=1S/C27H34O3Si/c1-19(2)21-14-13-20(17-25-26(30-25)24(28)16-15-21)18-29-31-27(22-9-5-3-6-10-22)23-11-7-4-8-12-23/h3-14,19-21,25-27H,15-18,31H2,1-2H3. The third-order valence-electron chi connectivity index (χ3n) is 6.67. The van der Waals surface area contributed by atoms with Gasteiger partial charge in [-0.2, -0.15) is 0 Å². The van der Waals surface area contributed by atoms with Gasteiger partial charge in [-0.25, -0.2) is 0 Å². The van der Waals surface area contributed by atoms with Crippen LogP contribution < -0.4 is 0 Å². The molecule has 0 saturated carbocycles. The van der Waals surface area contributed by atoms with Gasteiger partial charge in [0.15, 0.2) is 15.5 Å². The molecule has 1 aliphatic heterocycles. The summed E-state index contributed by atoms with van der Waals surface area (Å²) in [5.74, 6) is 1.58. The van der Waals surface area contributed by atoms with E-state index in [1.54, 1.807) is 0 Å². The molecular weight excluding hydrogens is 400 g/mol. The highest BCUT2D eigenvalue weighted by atomic mass is 28.2. The Labute approximate surface area is 188 Å². The lowest BCUT2D eigenvalue weighted by Crippen LogP contribution is -2.21. The first kappa shape index (κ1) is 22.2. The number of hydrogen-bond donors (Lipinski definition) is 0. The van der Waals surface area contributed by atoms with Crippen LogP contribution in [0.5, 0.6) is 0 Å². The zero-order valence-corrected chi connectivity index (χ0v) is 20.1. The largest absolute Gasteiger partial charge is 0.422 e. The second-order valence-corrected chi connectivity index (χ2v) is 10.9. The molecular formula is C27H34O3Si. The number of ketones is 1. The fourth-order valence-corrected chi connectivity index (χ4v) is 6.21. The molecule has 4 unspecified atom stereocenters. The summed E-state index contributed by atoms with van der Waals surface area (Å²) in [7, 11) is -0.836. The summed E-state index contributed by atoms with van der Waals surface area (Å²) >= 11 is 0. The summed E-state index contributed by atoms with van der Waals surface area (Å²) in [6.45, 7) is 5.19. The molecule has 0 aromatic heterocycles. The lowest BCUT2D eigenvalue weighted by molar-refractivity contribution is -0.120. The summed E-state index contributed by atoms with van der Waals surface area (Å²) < 4.78 is 12.2. The lowest BCUT2D eigenvalue weighted by atomic mass is 9.86. The van der Waals surface area contributed by atoms with E-state index in [0.29, 0.717) is 36.3 Å². The van der Waals surface area contributed by atoms with Crippen LogP contribution in [0.1, 0.15) is 49.8 Å². The Balaban J connectivity index is 1.43. The van der Waals surface area contributed by atoms with Gasteiger partial charge in [0, 0.05) is 24.5 Å². The predicted octanol–water partition coefficient (Wildman–Crippen LogP) is 4.84. The first-order valence-electron chi connectivity index (χ1n) is 11.7. The molecule has 3 nitrogen and oxygen atoms in total. The average molecular weight is 435 g/mol. The van der Waals surface area contributed by atoms with E-state index in [0.717, 1.165) is 12.8 Å². The second kappa shape index (κ2) is 10.5. The second-order valence-electron chi connectivity index (χ2n) is 9.30. The topological polar surface area (TPSA) is 38.8 Å². The van der Waals surface area contributed by atoms with Gasteiger partial charge in [-0.15, -0.1) is 0 Å². The van der Waals surface area contributed by atoms with Gasteiger partial charge in [0.05, 0.1) is 6.10 Å². The molecule has 2 aromatic carbocycles. The Bertz CT molecular complexity index is 825. The van der Waals surface area contributed by atoms with E-state index in [9.17, 15) is 4.79 Å². The summed E-state index contributed by atoms with van der Waals surface area (Å²) in [5.41, 5.74) is 3.01. The van der Waals surface area contributed by atoms with E-state index < -0.39 is 9.76 Å². The van der Waals surface area contributed by atoms with Crippen LogP contribution in [0.4, 0.5) is 0 Å². The van der Waals surface area contributed by atoms with Crippen molar-refractivity contribution in [3.8, 4) is 0 Å². The van der Waals surface area contributed by atoms with Crippen LogP contribution in [-0.4, -0.2) is 34.4 Å². The van der Waals surface area contributed by atoms with Crippen molar-refractivity contribution >= 4 is 15.5 Å². The molecule has 4 atom stereocenters. The van der Waals surface area contributed by atoms with Gasteiger partial charge in [-0.05, 0) is 35.8 Å². The average Bonchev–Trinajstić information content (AvgIpc) is 3.56. The Hall–Kier alpha value is -2.01. The van der Waals surface area contributed by atoms with E-state index in [4.69, 9.17) is 9.16 Å². The Morgan fingerprint density at radius 3 is 2.26 bits per heavy atom. The molecule has 2 aromatic rings. The number of Topliss-reactive ketones (excluding diaryl/α,β-unsaturated/α-hetero) is 1. The van der Waals surface area contributed by atoms with Crippen LogP contribution in [0.15, 0.2) is 72.8 Å². The van der Waals surface area contributed by atoms with E-state index in [1.165, 1.54) is 11.1 Å². The van der Waals surface area contributed by atoms with Gasteiger partial charge >= 0.3 is 0 Å². The lowest BCUT2D eigenvalue weighted by Gasteiger charge is -2.21. The van der Waals surface area contributed by atoms with Crippen molar-refractivity contribution < 1.29 is 14.0 Å². The van der Waals surface area contributed by atoms with Gasteiger partial charge in [0.25, 0.3) is 0 Å². The highest BCUT2D eigenvalue weighted by Crippen LogP contribution is 2.34. The number of rotatable bonds is 7. The van der Waals surface area contributed by atoms with Crippen molar-refractivity contribution in [1.82, 2.24) is 0 Å². The minimum Gasteiger partial charge on any atom is -0.422 e. The first-order valence-corrected chi connectivity index (χ1v) is 13.1. The maximum atomic E-state index is 12.4. The molecule has 1 aliphatic carbocycles. The Kier molecular flexibility index (Phi) is 7.54. The Morgan fingerprint density at radius 2 is 1.65 bits per heavy atom. The van der Waals surface area contributed by atoms with Crippen LogP contribution in [0.3, 0.4) is 0 Å². The van der Waals surface area contributed by atoms with Crippen LogP contribution in [0.2, 0.25) is 0 Å². The van der Waals surface area contributed by atoms with Gasteiger partial charge in [-0.1, -0.05) is 86.7 Å². The third-order valence-corrected chi connectivity index (χ3v) is 8.41. The van der Waals surface area contributed by atoms with Crippen molar-refractivity contribution in [2.45, 2.75) is 50.9 Å². The molecule has 164 valence electrons. The van der Waals surface area contributed by atoms with Crippen molar-refractivity contribution in [2.24, 2.45) is 17.8 Å². The van der Waals surface area contributed by atoms with Crippen LogP contribution in [0.25, 0.3) is 0 Å². The summed E-state index contributed by atoms with van der Waals surface area (Å²) in [6, 6.07) is 21.4. The molecule has 0 amide bonds. The molecule has 0 spiro atoms. The van der Waals surface area contributed by atoms with E-state index >= 15 is 0 Å². The maximum absolute atomic E-state index is 12.4. The summed E-state index contributed by atoms with van der Waals surface area (Å²) in [6.07, 6.45) is 7.04. The molecule has 1 heterocycles. The zero-order valence-electron chi connectivity index (χ0n) is 18.7. The number of allylic oxidation sites excluding steroid dienone is 1. The van der Waals surface area contributed by atoms with Gasteiger partial charge in [0.2, 0.25) is 0 Å². The molecule has 2 aliphatic rings. The minimum atomic E-state index is -0.836. The Morgan fingerprint density at radius 1 is 1.00 bits per heavy atom. The number of hydrogen-bond acceptors (Lipinski definition) is 3. The quantitative estimate of drug-likeness (QED) is 0.355. The molecule has 4 rings (SSSR count). The normalized spacial score (nSPS) is 26.5. The monoisotopic (exact) mass is 434 g/mol. The molecule has 1 fully saturated rings. The summed E-state index contributed by atoms with van der Waals surface area (Å²) in [5, 5.41) is 0. The van der Waals surface area contributed by atoms with Crippen LogP contribution in [-0.2, 0) is 14.0 Å². The molecule has 31 heavy (non-hydrogen) atoms. The fraction of sp³-hybridized carbons (Fsp3) is 0.444. The number of epoxide rings is 1. The molecule has 0 bridgehead atoms. The number of ether oxygens (including phenoxy) is 1. The molecule has 4 heteroatoms. The van der Waals surface area contributed by atoms with Gasteiger partial charge < -0.3 is 9.16 Å². The van der Waals surface area contributed by atoms with E-state index in [2.05, 4.69) is 86.7 Å². The number of carbonyl (C=O) groups excluding carboxylic acids is 1. The van der Waals surface area contributed by atoms with Gasteiger partial charge in [0.1, 0.15) is 6.10 Å². The van der Waals surface area contributed by atoms with E-state index in [-0.39, 0.29) is 18.0 Å². The summed E-state index contributed by atoms with van der Waals surface area (Å²) in [4.78, 5) is 12.4.